The van der Waals surface area contributed by atoms with E-state index in [1.54, 1.807) is 29.2 Å². The lowest BCUT2D eigenvalue weighted by molar-refractivity contribution is -0.140. The quantitative estimate of drug-likeness (QED) is 0.297. The molecule has 0 saturated carbocycles. The lowest BCUT2D eigenvalue weighted by atomic mass is 10.1. The fourth-order valence-electron chi connectivity index (χ4n) is 4.33. The van der Waals surface area contributed by atoms with Crippen molar-refractivity contribution in [2.75, 3.05) is 36.8 Å². The largest absolute Gasteiger partial charge is 0.492 e. The Morgan fingerprint density at radius 3 is 2.26 bits per heavy atom. The molecule has 0 bridgehead atoms. The summed E-state index contributed by atoms with van der Waals surface area (Å²) in [5, 5.41) is 2.97. The molecule has 2 aromatic carbocycles. The van der Waals surface area contributed by atoms with Crippen LogP contribution in [0.1, 0.15) is 58.4 Å². The van der Waals surface area contributed by atoms with Crippen LogP contribution in [-0.2, 0) is 26.0 Å². The second-order valence-electron chi connectivity index (χ2n) is 9.23. The van der Waals surface area contributed by atoms with E-state index in [2.05, 4.69) is 12.2 Å². The van der Waals surface area contributed by atoms with E-state index < -0.39 is 16.1 Å². The second kappa shape index (κ2) is 16.0. The van der Waals surface area contributed by atoms with Gasteiger partial charge >= 0.3 is 0 Å². The predicted molar refractivity (Wildman–Crippen MR) is 153 cm³/mol. The Bertz CT molecular complexity index is 1110. The zero-order valence-corrected chi connectivity index (χ0v) is 24.0. The van der Waals surface area contributed by atoms with Gasteiger partial charge in [-0.1, -0.05) is 62.7 Å². The van der Waals surface area contributed by atoms with Gasteiger partial charge in [-0.3, -0.25) is 13.9 Å². The highest BCUT2D eigenvalue weighted by Crippen LogP contribution is 2.30. The Morgan fingerprint density at radius 2 is 1.63 bits per heavy atom. The SMILES string of the molecule is CCCCNC(=O)[C@@H](CC)N(CCc1ccccc1)C(=O)CCCN(c1ccccc1OCC)S(C)(=O)=O. The van der Waals surface area contributed by atoms with Gasteiger partial charge in [0.25, 0.3) is 0 Å². The highest BCUT2D eigenvalue weighted by Gasteiger charge is 2.28. The van der Waals surface area contributed by atoms with E-state index in [1.807, 2.05) is 44.2 Å². The van der Waals surface area contributed by atoms with Crippen LogP contribution in [0, 0.1) is 0 Å². The van der Waals surface area contributed by atoms with Crippen molar-refractivity contribution in [2.45, 2.75) is 65.3 Å². The van der Waals surface area contributed by atoms with Crippen molar-refractivity contribution in [3.63, 3.8) is 0 Å². The van der Waals surface area contributed by atoms with Crippen LogP contribution in [0.4, 0.5) is 5.69 Å². The third kappa shape index (κ3) is 9.67. The van der Waals surface area contributed by atoms with Gasteiger partial charge in [0.1, 0.15) is 11.8 Å². The summed E-state index contributed by atoms with van der Waals surface area (Å²) in [4.78, 5) is 28.1. The number of para-hydroxylation sites is 2. The maximum Gasteiger partial charge on any atom is 0.242 e. The fraction of sp³-hybridized carbons (Fsp3) is 0.517. The Balaban J connectivity index is 2.17. The average molecular weight is 546 g/mol. The van der Waals surface area contributed by atoms with Crippen LogP contribution in [0.5, 0.6) is 5.75 Å². The van der Waals surface area contributed by atoms with Crippen LogP contribution in [0.25, 0.3) is 0 Å². The lowest BCUT2D eigenvalue weighted by Gasteiger charge is -2.31. The number of hydrogen-bond acceptors (Lipinski definition) is 5. The molecule has 1 N–H and O–H groups in total. The van der Waals surface area contributed by atoms with Crippen molar-refractivity contribution in [3.8, 4) is 5.75 Å². The summed E-state index contributed by atoms with van der Waals surface area (Å²) in [7, 11) is -3.61. The van der Waals surface area contributed by atoms with Crippen LogP contribution < -0.4 is 14.4 Å². The molecule has 2 rings (SSSR count). The van der Waals surface area contributed by atoms with Crippen LogP contribution in [0.15, 0.2) is 54.6 Å². The molecule has 0 aromatic heterocycles. The van der Waals surface area contributed by atoms with Gasteiger partial charge in [0.2, 0.25) is 21.8 Å². The number of anilines is 1. The molecule has 0 fully saturated rings. The minimum atomic E-state index is -3.61. The standard InChI is InChI=1S/C29H43N3O5S/c1-5-8-21-30-29(34)25(6-2)31(23-20-24-15-10-9-11-16-24)28(33)19-14-22-32(38(4,35)36)26-17-12-13-18-27(26)37-7-3/h9-13,15-18,25H,5-8,14,19-23H2,1-4H3,(H,30,34)/t25-/m1/s1. The first-order valence-electron chi connectivity index (χ1n) is 13.5. The summed E-state index contributed by atoms with van der Waals surface area (Å²) in [6, 6.07) is 16.3. The third-order valence-corrected chi connectivity index (χ3v) is 7.47. The second-order valence-corrected chi connectivity index (χ2v) is 11.1. The normalized spacial score (nSPS) is 12.0. The molecule has 0 heterocycles. The van der Waals surface area contributed by atoms with Gasteiger partial charge in [0.05, 0.1) is 18.6 Å². The molecule has 8 nitrogen and oxygen atoms in total. The summed E-state index contributed by atoms with van der Waals surface area (Å²) in [5.74, 6) is 0.168. The Morgan fingerprint density at radius 1 is 0.947 bits per heavy atom. The molecule has 0 aliphatic heterocycles. The van der Waals surface area contributed by atoms with Crippen molar-refractivity contribution >= 4 is 27.5 Å². The van der Waals surface area contributed by atoms with Crippen LogP contribution >= 0.6 is 0 Å². The van der Waals surface area contributed by atoms with Crippen molar-refractivity contribution in [3.05, 3.63) is 60.2 Å². The van der Waals surface area contributed by atoms with Gasteiger partial charge in [-0.15, -0.1) is 0 Å². The van der Waals surface area contributed by atoms with Crippen molar-refractivity contribution in [1.82, 2.24) is 10.2 Å². The molecule has 210 valence electrons. The highest BCUT2D eigenvalue weighted by molar-refractivity contribution is 7.92. The number of hydrogen-bond donors (Lipinski definition) is 1. The number of unbranched alkanes of at least 4 members (excludes halogenated alkanes) is 1. The minimum Gasteiger partial charge on any atom is -0.492 e. The van der Waals surface area contributed by atoms with Crippen LogP contribution in [0.3, 0.4) is 0 Å². The number of nitrogens with one attached hydrogen (secondary N) is 1. The molecule has 0 radical (unpaired) electrons. The summed E-state index contributed by atoms with van der Waals surface area (Å²) in [6.07, 6.45) is 4.55. The minimum absolute atomic E-state index is 0.121. The third-order valence-electron chi connectivity index (χ3n) is 6.29. The van der Waals surface area contributed by atoms with E-state index >= 15 is 0 Å². The Kier molecular flexibility index (Phi) is 13.1. The maximum atomic E-state index is 13.5. The molecule has 0 aliphatic carbocycles. The topological polar surface area (TPSA) is 96.0 Å². The number of carbonyl (C=O) groups is 2. The van der Waals surface area contributed by atoms with Crippen LogP contribution in [-0.4, -0.2) is 63.7 Å². The van der Waals surface area contributed by atoms with Gasteiger partial charge in [0.15, 0.2) is 0 Å². The molecule has 9 heteroatoms. The van der Waals surface area contributed by atoms with E-state index in [9.17, 15) is 18.0 Å². The van der Waals surface area contributed by atoms with Gasteiger partial charge in [-0.05, 0) is 50.3 Å². The summed E-state index contributed by atoms with van der Waals surface area (Å²) in [6.45, 7) is 7.32. The van der Waals surface area contributed by atoms with Crippen molar-refractivity contribution < 1.29 is 22.7 Å². The van der Waals surface area contributed by atoms with Gasteiger partial charge in [0, 0.05) is 26.1 Å². The number of sulfonamides is 1. The molecule has 0 saturated heterocycles. The van der Waals surface area contributed by atoms with E-state index in [0.29, 0.717) is 50.4 Å². The van der Waals surface area contributed by atoms with Gasteiger partial charge in [-0.25, -0.2) is 8.42 Å². The van der Waals surface area contributed by atoms with Crippen molar-refractivity contribution in [2.24, 2.45) is 0 Å². The lowest BCUT2D eigenvalue weighted by Crippen LogP contribution is -2.50. The van der Waals surface area contributed by atoms with Gasteiger partial charge < -0.3 is 15.0 Å². The molecular formula is C29H43N3O5S. The molecule has 0 aliphatic rings. The molecule has 0 unspecified atom stereocenters. The maximum absolute atomic E-state index is 13.5. The summed E-state index contributed by atoms with van der Waals surface area (Å²) in [5.41, 5.74) is 1.54. The first-order chi connectivity index (χ1) is 18.2. The number of amides is 2. The van der Waals surface area contributed by atoms with E-state index in [1.165, 1.54) is 4.31 Å². The molecular weight excluding hydrogens is 502 g/mol. The zero-order chi connectivity index (χ0) is 28.0. The number of benzene rings is 2. The first kappa shape index (κ1) is 31.1. The number of carbonyl (C=O) groups excluding carboxylic acids is 2. The zero-order valence-electron chi connectivity index (χ0n) is 23.2. The summed E-state index contributed by atoms with van der Waals surface area (Å²) >= 11 is 0. The predicted octanol–water partition coefficient (Wildman–Crippen LogP) is 4.40. The molecule has 2 amide bonds. The molecule has 38 heavy (non-hydrogen) atoms. The molecule has 0 spiro atoms. The monoisotopic (exact) mass is 545 g/mol. The molecule has 2 aromatic rings. The number of nitrogens with zero attached hydrogens (tertiary/aromatic N) is 2. The highest BCUT2D eigenvalue weighted by atomic mass is 32.2. The molecule has 1 atom stereocenters. The van der Waals surface area contributed by atoms with Crippen LogP contribution in [0.2, 0.25) is 0 Å². The number of rotatable bonds is 17. The summed E-state index contributed by atoms with van der Waals surface area (Å²) < 4.78 is 32.2. The van der Waals surface area contributed by atoms with Crippen molar-refractivity contribution in [1.29, 1.82) is 0 Å². The Hall–Kier alpha value is -3.07. The van der Waals surface area contributed by atoms with E-state index in [0.717, 1.165) is 24.7 Å². The fourth-order valence-corrected chi connectivity index (χ4v) is 5.29. The smallest absolute Gasteiger partial charge is 0.242 e. The number of ether oxygens (including phenoxy) is 1. The van der Waals surface area contributed by atoms with E-state index in [-0.39, 0.29) is 24.8 Å². The Labute approximate surface area is 228 Å². The average Bonchev–Trinajstić information content (AvgIpc) is 2.89. The van der Waals surface area contributed by atoms with Gasteiger partial charge in [-0.2, -0.15) is 0 Å². The first-order valence-corrected chi connectivity index (χ1v) is 15.4. The van der Waals surface area contributed by atoms with E-state index in [4.69, 9.17) is 4.74 Å².